The van der Waals surface area contributed by atoms with Crippen LogP contribution in [0.5, 0.6) is 0 Å². The van der Waals surface area contributed by atoms with E-state index in [2.05, 4.69) is 15.6 Å². The van der Waals surface area contributed by atoms with Crippen molar-refractivity contribution in [2.24, 2.45) is 5.73 Å². The molecule has 4 rings (SSSR count). The maximum atomic E-state index is 13.4. The minimum atomic E-state index is -0.693. The molecule has 4 N–H and O–H groups in total. The molecule has 2 aliphatic rings. The summed E-state index contributed by atoms with van der Waals surface area (Å²) >= 11 is 11.4. The van der Waals surface area contributed by atoms with Crippen LogP contribution in [0.25, 0.3) is 0 Å². The van der Waals surface area contributed by atoms with Crippen molar-refractivity contribution in [2.75, 3.05) is 6.54 Å². The second-order valence-corrected chi connectivity index (χ2v) is 8.17. The van der Waals surface area contributed by atoms with E-state index in [0.29, 0.717) is 5.02 Å². The second-order valence-electron chi connectivity index (χ2n) is 7.32. The molecule has 1 aliphatic heterocycles. The number of hydrogen-bond donors (Lipinski definition) is 3. The first-order chi connectivity index (χ1) is 14.1. The van der Waals surface area contributed by atoms with E-state index in [1.807, 2.05) is 13.0 Å². The molecule has 160 valence electrons. The molecule has 1 aromatic carbocycles. The number of carbonyl (C=O) groups is 2. The molecule has 0 radical (unpaired) electrons. The van der Waals surface area contributed by atoms with Gasteiger partial charge in [-0.1, -0.05) is 23.2 Å². The maximum Gasteiger partial charge on any atom is 0.312 e. The number of aryl methyl sites for hydroxylation is 1. The molecule has 10 heteroatoms. The van der Waals surface area contributed by atoms with Crippen molar-refractivity contribution < 1.29 is 18.4 Å². The Kier molecular flexibility index (Phi) is 6.47. The third kappa shape index (κ3) is 4.99. The van der Waals surface area contributed by atoms with Crippen molar-refractivity contribution in [3.8, 4) is 0 Å². The maximum absolute atomic E-state index is 13.4. The van der Waals surface area contributed by atoms with E-state index in [0.717, 1.165) is 36.4 Å². The van der Waals surface area contributed by atoms with E-state index < -0.39 is 23.6 Å². The summed E-state index contributed by atoms with van der Waals surface area (Å²) in [6, 6.07) is 5.23. The Morgan fingerprint density at radius 2 is 1.90 bits per heavy atom. The molecule has 30 heavy (non-hydrogen) atoms. The highest BCUT2D eigenvalue weighted by molar-refractivity contribution is 6.31. The van der Waals surface area contributed by atoms with Gasteiger partial charge in [-0.3, -0.25) is 9.78 Å². The zero-order valence-corrected chi connectivity index (χ0v) is 17.6. The molecular weight excluding hydrogens is 437 g/mol. The van der Waals surface area contributed by atoms with Gasteiger partial charge in [0.2, 0.25) is 5.91 Å². The Morgan fingerprint density at radius 1 is 1.27 bits per heavy atom. The molecule has 1 aromatic heterocycles. The van der Waals surface area contributed by atoms with E-state index in [9.17, 15) is 18.4 Å². The van der Waals surface area contributed by atoms with Crippen LogP contribution in [0.2, 0.25) is 10.0 Å². The van der Waals surface area contributed by atoms with Crippen LogP contribution in [0.1, 0.15) is 42.1 Å². The average Bonchev–Trinajstić information content (AvgIpc) is 3.29. The lowest BCUT2D eigenvalue weighted by molar-refractivity contribution is -0.119. The zero-order chi connectivity index (χ0) is 22.1. The van der Waals surface area contributed by atoms with Crippen molar-refractivity contribution in [2.45, 2.75) is 37.6 Å². The van der Waals surface area contributed by atoms with Crippen LogP contribution in [0, 0.1) is 18.6 Å². The number of benzene rings is 1. The highest BCUT2D eigenvalue weighted by Crippen LogP contribution is 2.44. The summed E-state index contributed by atoms with van der Waals surface area (Å²) in [5.41, 5.74) is 6.32. The summed E-state index contributed by atoms with van der Waals surface area (Å²) in [4.78, 5) is 26.1. The highest BCUT2D eigenvalue weighted by atomic mass is 35.5. The van der Waals surface area contributed by atoms with Gasteiger partial charge < -0.3 is 16.4 Å². The Bertz CT molecular complexity index is 976. The predicted octanol–water partition coefficient (Wildman–Crippen LogP) is 3.92. The molecule has 1 saturated carbocycles. The number of nitrogens with two attached hydrogens (primary N) is 1. The van der Waals surface area contributed by atoms with Gasteiger partial charge in [0.15, 0.2) is 0 Å². The largest absolute Gasteiger partial charge is 0.355 e. The molecule has 3 amide bonds. The third-order valence-electron chi connectivity index (χ3n) is 5.05. The highest BCUT2D eigenvalue weighted by Gasteiger charge is 2.46. The first-order valence-electron chi connectivity index (χ1n) is 9.23. The van der Waals surface area contributed by atoms with E-state index in [-0.39, 0.29) is 35.0 Å². The van der Waals surface area contributed by atoms with Gasteiger partial charge in [0, 0.05) is 29.5 Å². The average molecular weight is 457 g/mol. The predicted molar refractivity (Wildman–Crippen MR) is 109 cm³/mol. The summed E-state index contributed by atoms with van der Waals surface area (Å²) in [5.74, 6) is -2.01. The van der Waals surface area contributed by atoms with Crippen LogP contribution < -0.4 is 16.4 Å². The summed E-state index contributed by atoms with van der Waals surface area (Å²) in [5, 5.41) is 5.91. The monoisotopic (exact) mass is 456 g/mol. The fourth-order valence-corrected chi connectivity index (χ4v) is 3.67. The van der Waals surface area contributed by atoms with Gasteiger partial charge in [0.05, 0.1) is 21.9 Å². The molecule has 0 bridgehead atoms. The van der Waals surface area contributed by atoms with E-state index in [1.165, 1.54) is 0 Å². The summed E-state index contributed by atoms with van der Waals surface area (Å²) in [7, 11) is 0. The van der Waals surface area contributed by atoms with Crippen molar-refractivity contribution >= 4 is 35.1 Å². The van der Waals surface area contributed by atoms with Crippen molar-refractivity contribution in [1.82, 2.24) is 15.6 Å². The van der Waals surface area contributed by atoms with E-state index in [4.69, 9.17) is 28.9 Å². The first-order valence-corrected chi connectivity index (χ1v) is 9.99. The summed E-state index contributed by atoms with van der Waals surface area (Å²) in [6.07, 6.45) is 1.88. The standard InChI is InChI=1S/C10H8ClF2NO.C10H12ClN3O/c11-6-2-7(12)10(8(13)3-6)5-1-9(15)14-4-5;1-6-7(11)2-3-8(13-6)10(4-5-10)14-9(12)15/h2-3,5H,1,4H2,(H,14,15);2-3H,4-5H2,1H3,(H3,12,14,15). The van der Waals surface area contributed by atoms with Gasteiger partial charge in [-0.25, -0.2) is 13.6 Å². The van der Waals surface area contributed by atoms with Crippen LogP contribution in [0.4, 0.5) is 13.6 Å². The van der Waals surface area contributed by atoms with Crippen LogP contribution in [0.15, 0.2) is 24.3 Å². The molecule has 2 heterocycles. The minimum absolute atomic E-state index is 0.0195. The molecular formula is C20H20Cl2F2N4O2. The number of nitrogens with zero attached hydrogens (tertiary/aromatic N) is 1. The number of urea groups is 1. The Labute approximate surface area is 182 Å². The second kappa shape index (κ2) is 8.73. The Morgan fingerprint density at radius 3 is 2.37 bits per heavy atom. The van der Waals surface area contributed by atoms with Gasteiger partial charge in [-0.05, 0) is 44.0 Å². The van der Waals surface area contributed by atoms with Gasteiger partial charge in [0.1, 0.15) is 11.6 Å². The van der Waals surface area contributed by atoms with Crippen molar-refractivity contribution in [3.63, 3.8) is 0 Å². The summed E-state index contributed by atoms with van der Waals surface area (Å²) < 4.78 is 26.9. The molecule has 6 nitrogen and oxygen atoms in total. The number of nitrogens with one attached hydrogen (secondary N) is 2. The molecule has 1 unspecified atom stereocenters. The number of amides is 3. The lowest BCUT2D eigenvalue weighted by Crippen LogP contribution is -2.39. The van der Waals surface area contributed by atoms with Gasteiger partial charge >= 0.3 is 6.03 Å². The lowest BCUT2D eigenvalue weighted by atomic mass is 9.97. The zero-order valence-electron chi connectivity index (χ0n) is 16.1. The Balaban J connectivity index is 0.000000171. The van der Waals surface area contributed by atoms with Gasteiger partial charge in [0.25, 0.3) is 0 Å². The van der Waals surface area contributed by atoms with Crippen LogP contribution >= 0.6 is 23.2 Å². The number of aromatic nitrogens is 1. The van der Waals surface area contributed by atoms with Crippen molar-refractivity contribution in [1.29, 1.82) is 0 Å². The first kappa shape index (κ1) is 22.2. The minimum Gasteiger partial charge on any atom is -0.355 e. The number of primary amides is 1. The van der Waals surface area contributed by atoms with E-state index >= 15 is 0 Å². The molecule has 0 spiro atoms. The topological polar surface area (TPSA) is 97.1 Å². The number of hydrogen-bond acceptors (Lipinski definition) is 3. The number of rotatable bonds is 3. The normalized spacial score (nSPS) is 18.8. The SMILES string of the molecule is Cc1nc(C2(NC(N)=O)CC2)ccc1Cl.O=C1CC(c2c(F)cc(Cl)cc2F)CN1. The fourth-order valence-electron chi connectivity index (χ4n) is 3.37. The smallest absolute Gasteiger partial charge is 0.312 e. The molecule has 2 aromatic rings. The van der Waals surface area contributed by atoms with Gasteiger partial charge in [-0.2, -0.15) is 0 Å². The van der Waals surface area contributed by atoms with Crippen molar-refractivity contribution in [3.05, 3.63) is 62.9 Å². The Hall–Kier alpha value is -2.45. The molecule has 1 atom stereocenters. The fraction of sp³-hybridized carbons (Fsp3) is 0.350. The third-order valence-corrected chi connectivity index (χ3v) is 5.67. The molecule has 2 fully saturated rings. The number of halogens is 4. The molecule has 1 saturated heterocycles. The lowest BCUT2D eigenvalue weighted by Gasteiger charge is -2.15. The van der Waals surface area contributed by atoms with Crippen LogP contribution in [-0.2, 0) is 10.3 Å². The molecule has 1 aliphatic carbocycles. The number of pyridine rings is 1. The van der Waals surface area contributed by atoms with Crippen LogP contribution in [0.3, 0.4) is 0 Å². The number of carbonyl (C=O) groups excluding carboxylic acids is 2. The summed E-state index contributed by atoms with van der Waals surface area (Å²) in [6.45, 7) is 2.11. The van der Waals surface area contributed by atoms with Crippen LogP contribution in [-0.4, -0.2) is 23.5 Å². The quantitative estimate of drug-likeness (QED) is 0.652. The van der Waals surface area contributed by atoms with Gasteiger partial charge in [-0.15, -0.1) is 0 Å². The van der Waals surface area contributed by atoms with E-state index in [1.54, 1.807) is 6.07 Å².